The highest BCUT2D eigenvalue weighted by Crippen LogP contribution is 2.11. The van der Waals surface area contributed by atoms with E-state index in [1.807, 2.05) is 0 Å². The first-order chi connectivity index (χ1) is 7.02. The largest absolute Gasteiger partial charge is 0.478 e. The van der Waals surface area contributed by atoms with E-state index < -0.39 is 10.9 Å². The van der Waals surface area contributed by atoms with Crippen LogP contribution >= 0.6 is 15.9 Å². The number of benzene rings is 1. The van der Waals surface area contributed by atoms with Crippen LogP contribution in [0.25, 0.3) is 0 Å². The third-order valence-electron chi connectivity index (χ3n) is 1.33. The Labute approximate surface area is 93.4 Å². The number of rotatable bonds is 2. The van der Waals surface area contributed by atoms with Gasteiger partial charge in [0.1, 0.15) is 0 Å². The second kappa shape index (κ2) is 6.91. The molecule has 0 saturated carbocycles. The standard InChI is InChI=1S/C7H5NO4.CH3BrO/c9-7(10)5-1-3-6(4-2-5)8(11)12;2-1-3/h1-4H,(H,9,10);3H,1H2. The van der Waals surface area contributed by atoms with E-state index in [2.05, 4.69) is 15.9 Å². The number of nitrogens with zero attached hydrogens (tertiary/aromatic N) is 1. The minimum absolute atomic E-state index is 0.0422. The minimum atomic E-state index is -1.09. The summed E-state index contributed by atoms with van der Waals surface area (Å²) < 4.78 is 0. The number of carboxylic acids is 1. The van der Waals surface area contributed by atoms with Crippen molar-refractivity contribution in [3.63, 3.8) is 0 Å². The molecular weight excluding hydrogens is 270 g/mol. The average Bonchev–Trinajstić information content (AvgIpc) is 2.19. The van der Waals surface area contributed by atoms with Crippen LogP contribution in [0.5, 0.6) is 0 Å². The molecule has 0 bridgehead atoms. The molecule has 0 aliphatic rings. The van der Waals surface area contributed by atoms with Crippen molar-refractivity contribution < 1.29 is 19.9 Å². The van der Waals surface area contributed by atoms with Crippen LogP contribution in [0.4, 0.5) is 5.69 Å². The molecule has 6 nitrogen and oxygen atoms in total. The van der Waals surface area contributed by atoms with E-state index in [4.69, 9.17) is 10.2 Å². The van der Waals surface area contributed by atoms with E-state index in [0.29, 0.717) is 0 Å². The molecule has 15 heavy (non-hydrogen) atoms. The monoisotopic (exact) mass is 277 g/mol. The Kier molecular flexibility index (Phi) is 6.23. The lowest BCUT2D eigenvalue weighted by Crippen LogP contribution is -1.96. The Hall–Kier alpha value is -1.47. The third kappa shape index (κ3) is 5.08. The predicted molar refractivity (Wildman–Crippen MR) is 56.1 cm³/mol. The van der Waals surface area contributed by atoms with Gasteiger partial charge in [0.05, 0.1) is 16.0 Å². The summed E-state index contributed by atoms with van der Waals surface area (Å²) >= 11 is 2.70. The summed E-state index contributed by atoms with van der Waals surface area (Å²) in [6.07, 6.45) is 0. The zero-order valence-electron chi connectivity index (χ0n) is 7.46. The van der Waals surface area contributed by atoms with Crippen molar-refractivity contribution in [1.82, 2.24) is 0 Å². The van der Waals surface area contributed by atoms with Crippen LogP contribution in [0, 0.1) is 10.1 Å². The second-order valence-corrected chi connectivity index (χ2v) is 2.73. The predicted octanol–water partition coefficient (Wildman–Crippen LogP) is 1.62. The molecule has 1 aromatic rings. The van der Waals surface area contributed by atoms with Crippen LogP contribution in [0.15, 0.2) is 24.3 Å². The number of alkyl halides is 1. The Balaban J connectivity index is 0.000000583. The average molecular weight is 278 g/mol. The highest BCUT2D eigenvalue weighted by molar-refractivity contribution is 9.09. The first-order valence-corrected chi connectivity index (χ1v) is 4.79. The fraction of sp³-hybridized carbons (Fsp3) is 0.125. The molecule has 0 amide bonds. The molecule has 7 heteroatoms. The summed E-state index contributed by atoms with van der Waals surface area (Å²) in [5.41, 5.74) is -0.00639. The number of aromatic carboxylic acids is 1. The highest BCUT2D eigenvalue weighted by Gasteiger charge is 2.06. The molecule has 2 N–H and O–H groups in total. The van der Waals surface area contributed by atoms with Crippen LogP contribution in [-0.2, 0) is 0 Å². The van der Waals surface area contributed by atoms with Gasteiger partial charge in [-0.25, -0.2) is 4.79 Å². The van der Waals surface area contributed by atoms with Crippen LogP contribution in [0.2, 0.25) is 0 Å². The van der Waals surface area contributed by atoms with Gasteiger partial charge in [-0.1, -0.05) is 15.9 Å². The number of carboxylic acid groups (broad SMARTS) is 1. The van der Waals surface area contributed by atoms with Gasteiger partial charge in [-0.3, -0.25) is 10.1 Å². The number of nitro groups is 1. The third-order valence-corrected chi connectivity index (χ3v) is 1.33. The van der Waals surface area contributed by atoms with E-state index in [-0.39, 0.29) is 16.8 Å². The molecule has 0 aliphatic heterocycles. The van der Waals surface area contributed by atoms with Gasteiger partial charge in [0.25, 0.3) is 5.69 Å². The summed E-state index contributed by atoms with van der Waals surface area (Å²) in [5.74, 6) is -1.09. The van der Waals surface area contributed by atoms with Gasteiger partial charge < -0.3 is 10.2 Å². The van der Waals surface area contributed by atoms with Crippen molar-refractivity contribution in [1.29, 1.82) is 0 Å². The molecule has 0 saturated heterocycles. The molecule has 0 unspecified atom stereocenters. The van der Waals surface area contributed by atoms with Crippen LogP contribution in [0.3, 0.4) is 0 Å². The topological polar surface area (TPSA) is 101 Å². The molecule has 0 spiro atoms. The number of hydrogen-bond acceptors (Lipinski definition) is 4. The zero-order valence-corrected chi connectivity index (χ0v) is 9.05. The SMILES string of the molecule is O=C(O)c1ccc([N+](=O)[O-])cc1.OCBr. The summed E-state index contributed by atoms with van der Waals surface area (Å²) in [4.78, 5) is 19.9. The van der Waals surface area contributed by atoms with Gasteiger partial charge in [-0.15, -0.1) is 0 Å². The molecule has 82 valence electrons. The lowest BCUT2D eigenvalue weighted by Gasteiger charge is -1.92. The van der Waals surface area contributed by atoms with E-state index >= 15 is 0 Å². The van der Waals surface area contributed by atoms with Crippen molar-refractivity contribution in [3.8, 4) is 0 Å². The Morgan fingerprint density at radius 1 is 1.40 bits per heavy atom. The van der Waals surface area contributed by atoms with Crippen molar-refractivity contribution in [2.75, 3.05) is 5.52 Å². The minimum Gasteiger partial charge on any atom is -0.478 e. The van der Waals surface area contributed by atoms with Crippen LogP contribution < -0.4 is 0 Å². The maximum Gasteiger partial charge on any atom is 0.335 e. The van der Waals surface area contributed by atoms with Crippen LogP contribution in [0.1, 0.15) is 10.4 Å². The molecule has 0 aromatic heterocycles. The highest BCUT2D eigenvalue weighted by atomic mass is 79.9. The molecule has 0 fully saturated rings. The molecule has 0 radical (unpaired) electrons. The molecule has 1 aromatic carbocycles. The zero-order chi connectivity index (χ0) is 11.8. The number of aliphatic hydroxyl groups excluding tert-OH is 1. The lowest BCUT2D eigenvalue weighted by molar-refractivity contribution is -0.384. The maximum atomic E-state index is 10.3. The van der Waals surface area contributed by atoms with Crippen molar-refractivity contribution in [2.24, 2.45) is 0 Å². The van der Waals surface area contributed by atoms with E-state index in [0.717, 1.165) is 12.1 Å². The van der Waals surface area contributed by atoms with E-state index in [1.54, 1.807) is 0 Å². The Bertz CT molecular complexity index is 304. The molecular formula is C8H8BrNO5. The van der Waals surface area contributed by atoms with Crippen molar-refractivity contribution in [2.45, 2.75) is 0 Å². The van der Waals surface area contributed by atoms with Gasteiger partial charge in [0.15, 0.2) is 0 Å². The second-order valence-electron chi connectivity index (χ2n) is 2.23. The van der Waals surface area contributed by atoms with Crippen molar-refractivity contribution in [3.05, 3.63) is 39.9 Å². The van der Waals surface area contributed by atoms with Gasteiger partial charge in [-0.2, -0.15) is 0 Å². The van der Waals surface area contributed by atoms with Crippen molar-refractivity contribution >= 4 is 27.6 Å². The number of non-ortho nitro benzene ring substituents is 1. The van der Waals surface area contributed by atoms with E-state index in [9.17, 15) is 14.9 Å². The molecule has 0 heterocycles. The molecule has 0 aliphatic carbocycles. The lowest BCUT2D eigenvalue weighted by atomic mass is 10.2. The molecule has 1 rings (SSSR count). The summed E-state index contributed by atoms with van der Waals surface area (Å²) in [5, 5.41) is 26.1. The number of nitro benzene ring substituents is 1. The number of carbonyl (C=O) groups is 1. The van der Waals surface area contributed by atoms with Gasteiger partial charge in [0.2, 0.25) is 0 Å². The number of halogens is 1. The van der Waals surface area contributed by atoms with Gasteiger partial charge in [-0.05, 0) is 12.1 Å². The number of hydrogen-bond donors (Lipinski definition) is 2. The quantitative estimate of drug-likeness (QED) is 0.486. The summed E-state index contributed by atoms with van der Waals surface area (Å²) in [6.45, 7) is 0. The van der Waals surface area contributed by atoms with Crippen LogP contribution in [-0.4, -0.2) is 26.6 Å². The fourth-order valence-corrected chi connectivity index (χ4v) is 0.726. The molecule has 0 atom stereocenters. The first kappa shape index (κ1) is 13.5. The van der Waals surface area contributed by atoms with Gasteiger partial charge >= 0.3 is 5.97 Å². The fourth-order valence-electron chi connectivity index (χ4n) is 0.726. The Morgan fingerprint density at radius 2 is 1.80 bits per heavy atom. The number of aliphatic hydroxyl groups is 1. The summed E-state index contributed by atoms with van der Waals surface area (Å²) in [6, 6.07) is 4.70. The van der Waals surface area contributed by atoms with Gasteiger partial charge in [0, 0.05) is 12.1 Å². The first-order valence-electron chi connectivity index (χ1n) is 3.67. The summed E-state index contributed by atoms with van der Waals surface area (Å²) in [7, 11) is 0. The Morgan fingerprint density at radius 3 is 2.07 bits per heavy atom. The smallest absolute Gasteiger partial charge is 0.335 e. The van der Waals surface area contributed by atoms with E-state index in [1.165, 1.54) is 12.1 Å². The maximum absolute atomic E-state index is 10.3. The normalized spacial score (nSPS) is 8.67.